The molecule has 0 N–H and O–H groups in total. The molecule has 0 saturated heterocycles. The minimum absolute atomic E-state index is 0.0125. The summed E-state index contributed by atoms with van der Waals surface area (Å²) < 4.78 is 8.04. The van der Waals surface area contributed by atoms with Crippen LogP contribution in [0.5, 0.6) is 11.6 Å². The van der Waals surface area contributed by atoms with E-state index in [-0.39, 0.29) is 16.8 Å². The summed E-state index contributed by atoms with van der Waals surface area (Å²) in [5.41, 5.74) is 2.38. The highest BCUT2D eigenvalue weighted by Crippen LogP contribution is 2.39. The van der Waals surface area contributed by atoms with Crippen molar-refractivity contribution in [3.8, 4) is 17.3 Å². The van der Waals surface area contributed by atoms with Gasteiger partial charge in [0.05, 0.1) is 24.2 Å². The van der Waals surface area contributed by atoms with Gasteiger partial charge in [-0.25, -0.2) is 9.58 Å². The molecule has 4 aromatic rings. The van der Waals surface area contributed by atoms with Crippen molar-refractivity contribution in [2.45, 2.75) is 20.3 Å². The summed E-state index contributed by atoms with van der Waals surface area (Å²) in [6, 6.07) is 16.9. The Morgan fingerprint density at radius 1 is 1.00 bits per heavy atom. The zero-order valence-corrected chi connectivity index (χ0v) is 21.2. The fraction of sp³-hybridized carbons (Fsp3) is 0.143. The molecule has 0 aliphatic carbocycles. The minimum Gasteiger partial charge on any atom is -0.858 e. The molecule has 0 radical (unpaired) electrons. The van der Waals surface area contributed by atoms with Crippen LogP contribution in [0.2, 0.25) is 5.02 Å². The number of pyridine rings is 1. The number of hydrogen-bond donors (Lipinski definition) is 0. The Morgan fingerprint density at radius 2 is 1.68 bits per heavy atom. The Kier molecular flexibility index (Phi) is 6.27. The van der Waals surface area contributed by atoms with Gasteiger partial charge in [0, 0.05) is 22.2 Å². The van der Waals surface area contributed by atoms with E-state index >= 15 is 0 Å². The Balaban J connectivity index is 1.74. The second-order valence-electron chi connectivity index (χ2n) is 8.52. The van der Waals surface area contributed by atoms with Crippen LogP contribution in [-0.2, 0) is 16.0 Å². The van der Waals surface area contributed by atoms with Gasteiger partial charge in [0.25, 0.3) is 11.6 Å². The Hall–Kier alpha value is -4.43. The summed E-state index contributed by atoms with van der Waals surface area (Å²) >= 11 is 6.02. The van der Waals surface area contributed by atoms with Gasteiger partial charge in [0.2, 0.25) is 0 Å². The summed E-state index contributed by atoms with van der Waals surface area (Å²) in [6.45, 7) is 3.73. The smallest absolute Gasteiger partial charge is 0.331 e. The molecule has 2 aromatic heterocycles. The van der Waals surface area contributed by atoms with Crippen molar-refractivity contribution in [3.63, 3.8) is 0 Å². The first kappa shape index (κ1) is 24.3. The number of rotatable bonds is 6. The maximum Gasteiger partial charge on any atom is 0.331 e. The molecule has 0 unspecified atom stereocenters. The predicted molar refractivity (Wildman–Crippen MR) is 137 cm³/mol. The first-order valence-corrected chi connectivity index (χ1v) is 12.0. The molecule has 186 valence electrons. The number of benzene rings is 2. The molecule has 0 spiro atoms. The van der Waals surface area contributed by atoms with Gasteiger partial charge in [-0.05, 0) is 73.8 Å². The lowest BCUT2D eigenvalue weighted by Gasteiger charge is -2.16. The van der Waals surface area contributed by atoms with Gasteiger partial charge in [0.15, 0.2) is 12.4 Å². The first-order chi connectivity index (χ1) is 17.8. The summed E-state index contributed by atoms with van der Waals surface area (Å²) in [6.07, 6.45) is 3.81. The molecule has 0 fully saturated rings. The third kappa shape index (κ3) is 4.15. The van der Waals surface area contributed by atoms with Gasteiger partial charge in [-0.2, -0.15) is 9.67 Å². The molecular weight excluding hydrogens is 492 g/mol. The molecule has 8 nitrogen and oxygen atoms in total. The van der Waals surface area contributed by atoms with Crippen molar-refractivity contribution in [2.24, 2.45) is 0 Å². The normalized spacial score (nSPS) is 13.6. The zero-order valence-electron chi connectivity index (χ0n) is 20.4. The summed E-state index contributed by atoms with van der Waals surface area (Å²) in [7, 11) is 1.54. The third-order valence-corrected chi connectivity index (χ3v) is 6.42. The lowest BCUT2D eigenvalue weighted by molar-refractivity contribution is -0.577. The lowest BCUT2D eigenvalue weighted by atomic mass is 10.0. The second kappa shape index (κ2) is 9.55. The van der Waals surface area contributed by atoms with E-state index in [1.165, 1.54) is 11.8 Å². The Morgan fingerprint density at radius 3 is 2.30 bits per heavy atom. The predicted octanol–water partition coefficient (Wildman–Crippen LogP) is 3.71. The minimum atomic E-state index is -0.596. The van der Waals surface area contributed by atoms with Crippen LogP contribution in [-0.4, -0.2) is 28.7 Å². The number of imide groups is 1. The standard InChI is InChI=1S/C28H23ClN4O4/c1-4-22-23(27(35)33(30-22)20-9-7-18(29)8-10-20)24-25(31-15-5-6-17(2)16-31)28(36)32(26(24)34)19-11-13-21(37-3)14-12-19/h5-16H,4H2,1-3H3. The number of aromatic nitrogens is 3. The topological polar surface area (TPSA) is 91.4 Å². The summed E-state index contributed by atoms with van der Waals surface area (Å²) in [5, 5.41) is 18.8. The lowest BCUT2D eigenvalue weighted by Crippen LogP contribution is -2.39. The van der Waals surface area contributed by atoms with Gasteiger partial charge >= 0.3 is 5.91 Å². The maximum absolute atomic E-state index is 14.0. The molecular formula is C28H23ClN4O4. The van der Waals surface area contributed by atoms with Crippen molar-refractivity contribution in [3.05, 3.63) is 94.9 Å². The number of carbonyl (C=O) groups is 2. The monoisotopic (exact) mass is 514 g/mol. The van der Waals surface area contributed by atoms with Crippen LogP contribution in [0.3, 0.4) is 0 Å². The number of ether oxygens (including phenoxy) is 1. The Labute approximate surface area is 218 Å². The molecule has 1 aliphatic rings. The van der Waals surface area contributed by atoms with Gasteiger partial charge in [-0.3, -0.25) is 9.59 Å². The van der Waals surface area contributed by atoms with Crippen molar-refractivity contribution in [1.82, 2.24) is 9.78 Å². The fourth-order valence-electron chi connectivity index (χ4n) is 4.38. The van der Waals surface area contributed by atoms with Crippen LogP contribution in [0, 0.1) is 6.92 Å². The van der Waals surface area contributed by atoms with Crippen LogP contribution in [0.25, 0.3) is 17.0 Å². The fourth-order valence-corrected chi connectivity index (χ4v) is 4.51. The number of aryl methyl sites for hydroxylation is 2. The van der Waals surface area contributed by atoms with Gasteiger partial charge in [-0.15, -0.1) is 0 Å². The molecule has 0 bridgehead atoms. The highest BCUT2D eigenvalue weighted by Gasteiger charge is 2.47. The number of carbonyl (C=O) groups excluding carboxylic acids is 2. The van der Waals surface area contributed by atoms with Crippen molar-refractivity contribution in [2.75, 3.05) is 12.0 Å². The number of methoxy groups -OCH3 is 1. The van der Waals surface area contributed by atoms with E-state index in [4.69, 9.17) is 16.3 Å². The van der Waals surface area contributed by atoms with E-state index in [2.05, 4.69) is 5.10 Å². The number of halogens is 1. The van der Waals surface area contributed by atoms with Crippen LogP contribution >= 0.6 is 11.6 Å². The third-order valence-electron chi connectivity index (χ3n) is 6.17. The Bertz CT molecular complexity index is 1560. The highest BCUT2D eigenvalue weighted by molar-refractivity contribution is 6.53. The highest BCUT2D eigenvalue weighted by atomic mass is 35.5. The van der Waals surface area contributed by atoms with Crippen LogP contribution in [0.4, 0.5) is 5.69 Å². The molecule has 2 amide bonds. The average molecular weight is 515 g/mol. The largest absolute Gasteiger partial charge is 0.858 e. The van der Waals surface area contributed by atoms with Crippen molar-refractivity contribution < 1.29 is 24.0 Å². The van der Waals surface area contributed by atoms with E-state index in [0.29, 0.717) is 34.3 Å². The van der Waals surface area contributed by atoms with Crippen molar-refractivity contribution in [1.29, 1.82) is 0 Å². The van der Waals surface area contributed by atoms with Crippen molar-refractivity contribution >= 4 is 40.4 Å². The molecule has 37 heavy (non-hydrogen) atoms. The average Bonchev–Trinajstić information content (AvgIpc) is 3.36. The quantitative estimate of drug-likeness (QED) is 0.289. The maximum atomic E-state index is 14.0. The van der Waals surface area contributed by atoms with E-state index in [1.807, 2.05) is 19.9 Å². The van der Waals surface area contributed by atoms with E-state index in [0.717, 1.165) is 10.5 Å². The number of amides is 2. The van der Waals surface area contributed by atoms with Crippen LogP contribution < -0.4 is 19.3 Å². The summed E-state index contributed by atoms with van der Waals surface area (Å²) in [5.74, 6) is -1.04. The number of nitrogens with zero attached hydrogens (tertiary/aromatic N) is 4. The molecule has 0 saturated carbocycles. The molecule has 0 atom stereocenters. The molecule has 1 aliphatic heterocycles. The zero-order chi connectivity index (χ0) is 26.3. The second-order valence-corrected chi connectivity index (χ2v) is 8.96. The van der Waals surface area contributed by atoms with Gasteiger partial charge in [-0.1, -0.05) is 18.5 Å². The molecule has 5 rings (SSSR count). The SMILES string of the molecule is CCc1nn(-c2ccc(Cl)cc2)c([O-])c1C1=C([n+]2cccc(C)c2)C(=O)N(c2ccc(OC)cc2)C1=O. The number of anilines is 1. The molecule has 2 aromatic carbocycles. The number of hydrogen-bond acceptors (Lipinski definition) is 5. The van der Waals surface area contributed by atoms with E-state index in [1.54, 1.807) is 71.6 Å². The van der Waals surface area contributed by atoms with Crippen LogP contribution in [0.1, 0.15) is 23.7 Å². The van der Waals surface area contributed by atoms with Gasteiger partial charge < -0.3 is 9.84 Å². The molecule has 3 heterocycles. The van der Waals surface area contributed by atoms with E-state index < -0.39 is 17.7 Å². The van der Waals surface area contributed by atoms with Crippen LogP contribution in [0.15, 0.2) is 73.1 Å². The van der Waals surface area contributed by atoms with E-state index in [9.17, 15) is 14.7 Å². The van der Waals surface area contributed by atoms with Gasteiger partial charge in [0.1, 0.15) is 11.3 Å². The molecule has 9 heteroatoms. The summed E-state index contributed by atoms with van der Waals surface area (Å²) in [4.78, 5) is 28.9. The first-order valence-electron chi connectivity index (χ1n) is 11.6.